The summed E-state index contributed by atoms with van der Waals surface area (Å²) in [5.74, 6) is 1.26. The highest BCUT2D eigenvalue weighted by molar-refractivity contribution is 4.81. The number of imidazole rings is 1. The second kappa shape index (κ2) is 6.62. The zero-order chi connectivity index (χ0) is 11.1. The molecule has 0 amide bonds. The van der Waals surface area contributed by atoms with Crippen molar-refractivity contribution >= 4 is 0 Å². The first-order valence-corrected chi connectivity index (χ1v) is 5.91. The Bertz CT molecular complexity index is 281. The lowest BCUT2D eigenvalue weighted by atomic mass is 10.4. The van der Waals surface area contributed by atoms with Crippen LogP contribution >= 0.6 is 0 Å². The van der Waals surface area contributed by atoms with Gasteiger partial charge in [-0.1, -0.05) is 20.3 Å². The van der Waals surface area contributed by atoms with Crippen molar-refractivity contribution in [3.05, 3.63) is 18.2 Å². The van der Waals surface area contributed by atoms with Crippen LogP contribution in [0.15, 0.2) is 12.4 Å². The quantitative estimate of drug-likeness (QED) is 0.498. The van der Waals surface area contributed by atoms with Gasteiger partial charge in [0.1, 0.15) is 19.0 Å². The summed E-state index contributed by atoms with van der Waals surface area (Å²) in [6.07, 6.45) is 7.73. The molecule has 0 N–H and O–H groups in total. The van der Waals surface area contributed by atoms with Gasteiger partial charge in [0.15, 0.2) is 0 Å². The minimum Gasteiger partial charge on any atom is -0.369 e. The highest BCUT2D eigenvalue weighted by Gasteiger charge is 2.13. The maximum absolute atomic E-state index is 5.64. The average molecular weight is 211 g/mol. The molecule has 1 aromatic rings. The van der Waals surface area contributed by atoms with E-state index in [0.29, 0.717) is 0 Å². The van der Waals surface area contributed by atoms with E-state index in [1.54, 1.807) is 0 Å². The lowest BCUT2D eigenvalue weighted by Gasteiger charge is -2.03. The SMILES string of the molecule is CCCCOCc1n(CCC)cc[n+]1C. The van der Waals surface area contributed by atoms with Crippen molar-refractivity contribution in [2.45, 2.75) is 46.3 Å². The van der Waals surface area contributed by atoms with Gasteiger partial charge >= 0.3 is 0 Å². The molecule has 3 heteroatoms. The van der Waals surface area contributed by atoms with Gasteiger partial charge in [-0.3, -0.25) is 0 Å². The van der Waals surface area contributed by atoms with E-state index in [-0.39, 0.29) is 0 Å². The van der Waals surface area contributed by atoms with Crippen molar-refractivity contribution in [1.29, 1.82) is 0 Å². The summed E-state index contributed by atoms with van der Waals surface area (Å²) in [4.78, 5) is 0. The number of aromatic nitrogens is 2. The smallest absolute Gasteiger partial charge is 0.282 e. The molecule has 0 aromatic carbocycles. The molecule has 0 saturated carbocycles. The molecule has 1 heterocycles. The number of ether oxygens (including phenoxy) is 1. The van der Waals surface area contributed by atoms with Crippen molar-refractivity contribution in [2.24, 2.45) is 7.05 Å². The molecule has 0 unspecified atom stereocenters. The summed E-state index contributed by atoms with van der Waals surface area (Å²) in [5, 5.41) is 0. The largest absolute Gasteiger partial charge is 0.369 e. The Hall–Kier alpha value is -0.830. The topological polar surface area (TPSA) is 18.0 Å². The Kier molecular flexibility index (Phi) is 5.40. The van der Waals surface area contributed by atoms with Crippen LogP contribution in [0.4, 0.5) is 0 Å². The summed E-state index contributed by atoms with van der Waals surface area (Å²) < 4.78 is 10.1. The third kappa shape index (κ3) is 3.67. The van der Waals surface area contributed by atoms with E-state index in [9.17, 15) is 0 Å². The first kappa shape index (κ1) is 12.2. The number of rotatable bonds is 7. The zero-order valence-corrected chi connectivity index (χ0v) is 10.2. The van der Waals surface area contributed by atoms with E-state index >= 15 is 0 Å². The molecule has 0 bridgehead atoms. The predicted molar refractivity (Wildman–Crippen MR) is 60.5 cm³/mol. The molecule has 86 valence electrons. The molecule has 1 aromatic heterocycles. The molecular formula is C12H23N2O+. The van der Waals surface area contributed by atoms with Crippen LogP contribution in [0.3, 0.4) is 0 Å². The van der Waals surface area contributed by atoms with E-state index in [4.69, 9.17) is 4.74 Å². The fourth-order valence-corrected chi connectivity index (χ4v) is 1.59. The van der Waals surface area contributed by atoms with E-state index in [0.717, 1.165) is 32.6 Å². The first-order valence-electron chi connectivity index (χ1n) is 5.91. The number of hydrogen-bond acceptors (Lipinski definition) is 1. The fourth-order valence-electron chi connectivity index (χ4n) is 1.59. The third-order valence-electron chi connectivity index (χ3n) is 2.55. The monoisotopic (exact) mass is 211 g/mol. The first-order chi connectivity index (χ1) is 7.29. The van der Waals surface area contributed by atoms with Crippen molar-refractivity contribution in [3.8, 4) is 0 Å². The molecule has 0 radical (unpaired) electrons. The van der Waals surface area contributed by atoms with Gasteiger partial charge in [0, 0.05) is 6.61 Å². The number of unbranched alkanes of at least 4 members (excludes halogenated alkanes) is 1. The van der Waals surface area contributed by atoms with Crippen LogP contribution in [0, 0.1) is 0 Å². The van der Waals surface area contributed by atoms with Crippen LogP contribution in [0.5, 0.6) is 0 Å². The van der Waals surface area contributed by atoms with Crippen molar-refractivity contribution < 1.29 is 9.30 Å². The van der Waals surface area contributed by atoms with Crippen LogP contribution in [-0.4, -0.2) is 11.2 Å². The minimum absolute atomic E-state index is 0.726. The van der Waals surface area contributed by atoms with Crippen molar-refractivity contribution in [3.63, 3.8) is 0 Å². The summed E-state index contributed by atoms with van der Waals surface area (Å²) in [6.45, 7) is 7.05. The molecule has 1 rings (SSSR count). The van der Waals surface area contributed by atoms with Gasteiger partial charge in [0.05, 0.1) is 13.6 Å². The summed E-state index contributed by atoms with van der Waals surface area (Å²) in [6, 6.07) is 0. The lowest BCUT2D eigenvalue weighted by Crippen LogP contribution is -2.32. The standard InChI is InChI=1S/C12H23N2O/c1-4-6-10-15-11-12-13(3)8-9-14(12)7-5-2/h8-9H,4-7,10-11H2,1-3H3/q+1. The predicted octanol–water partition coefficient (Wildman–Crippen LogP) is 2.04. The van der Waals surface area contributed by atoms with Gasteiger partial charge in [0.25, 0.3) is 5.82 Å². The molecule has 15 heavy (non-hydrogen) atoms. The normalized spacial score (nSPS) is 10.9. The summed E-state index contributed by atoms with van der Waals surface area (Å²) in [7, 11) is 2.07. The van der Waals surface area contributed by atoms with E-state index < -0.39 is 0 Å². The van der Waals surface area contributed by atoms with Crippen LogP contribution in [-0.2, 0) is 24.9 Å². The van der Waals surface area contributed by atoms with Gasteiger partial charge in [-0.2, -0.15) is 0 Å². The number of hydrogen-bond donors (Lipinski definition) is 0. The Morgan fingerprint density at radius 3 is 2.80 bits per heavy atom. The van der Waals surface area contributed by atoms with Gasteiger partial charge in [-0.25, -0.2) is 9.13 Å². The van der Waals surface area contributed by atoms with Crippen molar-refractivity contribution in [1.82, 2.24) is 4.57 Å². The van der Waals surface area contributed by atoms with Crippen LogP contribution in [0.25, 0.3) is 0 Å². The van der Waals surface area contributed by atoms with Crippen LogP contribution in [0.1, 0.15) is 38.9 Å². The molecule has 0 aliphatic carbocycles. The Labute approximate surface area is 92.7 Å². The zero-order valence-electron chi connectivity index (χ0n) is 10.2. The molecular weight excluding hydrogens is 188 g/mol. The highest BCUT2D eigenvalue weighted by Crippen LogP contribution is 2.00. The molecule has 0 aliphatic rings. The summed E-state index contributed by atoms with van der Waals surface area (Å²) >= 11 is 0. The number of nitrogens with zero attached hydrogens (tertiary/aromatic N) is 2. The molecule has 0 spiro atoms. The molecule has 0 atom stereocenters. The minimum atomic E-state index is 0.726. The Balaban J connectivity index is 2.46. The average Bonchev–Trinajstić information content (AvgIpc) is 2.56. The van der Waals surface area contributed by atoms with Crippen LogP contribution < -0.4 is 4.57 Å². The number of aryl methyl sites for hydroxylation is 2. The molecule has 0 saturated heterocycles. The third-order valence-corrected chi connectivity index (χ3v) is 2.55. The molecule has 0 aliphatic heterocycles. The summed E-state index contributed by atoms with van der Waals surface area (Å²) in [5.41, 5.74) is 0. The van der Waals surface area contributed by atoms with Gasteiger partial charge in [-0.05, 0) is 12.8 Å². The molecule has 3 nitrogen and oxygen atoms in total. The van der Waals surface area contributed by atoms with E-state index in [1.165, 1.54) is 12.2 Å². The van der Waals surface area contributed by atoms with Crippen molar-refractivity contribution in [2.75, 3.05) is 6.61 Å². The van der Waals surface area contributed by atoms with Gasteiger partial charge in [0.2, 0.25) is 0 Å². The Morgan fingerprint density at radius 1 is 1.33 bits per heavy atom. The van der Waals surface area contributed by atoms with E-state index in [1.807, 2.05) is 0 Å². The Morgan fingerprint density at radius 2 is 2.13 bits per heavy atom. The molecule has 0 fully saturated rings. The highest BCUT2D eigenvalue weighted by atomic mass is 16.5. The maximum atomic E-state index is 5.64. The fraction of sp³-hybridized carbons (Fsp3) is 0.750. The van der Waals surface area contributed by atoms with Gasteiger partial charge in [-0.15, -0.1) is 0 Å². The maximum Gasteiger partial charge on any atom is 0.282 e. The second-order valence-corrected chi connectivity index (χ2v) is 3.92. The lowest BCUT2D eigenvalue weighted by molar-refractivity contribution is -0.681. The second-order valence-electron chi connectivity index (χ2n) is 3.92. The van der Waals surface area contributed by atoms with Crippen LogP contribution in [0.2, 0.25) is 0 Å². The van der Waals surface area contributed by atoms with E-state index in [2.05, 4.69) is 42.4 Å². The van der Waals surface area contributed by atoms with Gasteiger partial charge < -0.3 is 4.74 Å².